The number of alkyl halides is 1. The van der Waals surface area contributed by atoms with Crippen LogP contribution in [-0.2, 0) is 14.0 Å². The third-order valence-electron chi connectivity index (χ3n) is 8.11. The second-order valence-corrected chi connectivity index (χ2v) is 11.6. The minimum Gasteiger partial charge on any atom is -0.481 e. The molecule has 4 rings (SSSR count). The third kappa shape index (κ3) is 6.02. The van der Waals surface area contributed by atoms with Gasteiger partial charge < -0.3 is 15.3 Å². The molecule has 9 heteroatoms. The highest BCUT2D eigenvalue weighted by Gasteiger charge is 2.51. The number of hydrogen-bond donors (Lipinski definition) is 2. The minimum absolute atomic E-state index is 0.0456. The van der Waals surface area contributed by atoms with Gasteiger partial charge in [0.2, 0.25) is 0 Å². The van der Waals surface area contributed by atoms with E-state index < -0.39 is 17.4 Å². The lowest BCUT2D eigenvalue weighted by Crippen LogP contribution is -2.50. The summed E-state index contributed by atoms with van der Waals surface area (Å²) >= 11 is 2.12. The third-order valence-corrected chi connectivity index (χ3v) is 8.93. The maximum Gasteiger partial charge on any atom is 0.305 e. The van der Waals surface area contributed by atoms with E-state index in [1.807, 2.05) is 24.0 Å². The standard InChI is InChI=1S/C30H35FIN3O4/c1-18(2)20-11-14-30(15-12-20)34-27(24-6-4-5-23(17-32)26(24)31)29(39)35(30)19(3)21-7-9-22(10-8-21)28(38)33-16-13-25(36)37/h4-10,18-20H,11-17H2,1-3H3,(H,33,38)(H,36,37)/t19-,20?,30?/m1/s1. The number of nitrogens with one attached hydrogen (secondary N) is 1. The van der Waals surface area contributed by atoms with Gasteiger partial charge >= 0.3 is 5.97 Å². The van der Waals surface area contributed by atoms with Gasteiger partial charge in [-0.1, -0.05) is 60.7 Å². The summed E-state index contributed by atoms with van der Waals surface area (Å²) in [4.78, 5) is 44.0. The Hall–Kier alpha value is -2.82. The van der Waals surface area contributed by atoms with Crippen molar-refractivity contribution in [1.82, 2.24) is 10.2 Å². The molecule has 0 aromatic heterocycles. The zero-order valence-corrected chi connectivity index (χ0v) is 24.7. The molecular weight excluding hydrogens is 612 g/mol. The highest BCUT2D eigenvalue weighted by molar-refractivity contribution is 14.1. The highest BCUT2D eigenvalue weighted by Crippen LogP contribution is 2.47. The molecule has 208 valence electrons. The van der Waals surface area contributed by atoms with Crippen LogP contribution in [0.15, 0.2) is 47.5 Å². The number of rotatable bonds is 9. The molecule has 2 amide bonds. The molecule has 1 fully saturated rings. The van der Waals surface area contributed by atoms with Crippen LogP contribution < -0.4 is 5.32 Å². The smallest absolute Gasteiger partial charge is 0.305 e. The van der Waals surface area contributed by atoms with Crippen LogP contribution in [-0.4, -0.2) is 45.7 Å². The minimum atomic E-state index is -0.978. The summed E-state index contributed by atoms with van der Waals surface area (Å²) in [6.45, 7) is 6.44. The maximum absolute atomic E-state index is 15.4. The number of carboxylic acids is 1. The summed E-state index contributed by atoms with van der Waals surface area (Å²) in [7, 11) is 0. The van der Waals surface area contributed by atoms with Crippen molar-refractivity contribution in [2.24, 2.45) is 16.8 Å². The first kappa shape index (κ1) is 29.2. The summed E-state index contributed by atoms with van der Waals surface area (Å²) in [5.41, 5.74) is 1.49. The molecule has 0 bridgehead atoms. The van der Waals surface area contributed by atoms with Crippen LogP contribution >= 0.6 is 22.6 Å². The maximum atomic E-state index is 15.4. The molecule has 2 aromatic rings. The van der Waals surface area contributed by atoms with E-state index in [4.69, 9.17) is 10.1 Å². The molecule has 39 heavy (non-hydrogen) atoms. The molecule has 2 N–H and O–H groups in total. The second kappa shape index (κ2) is 12.1. The summed E-state index contributed by atoms with van der Waals surface area (Å²) < 4.78 is 15.9. The predicted octanol–water partition coefficient (Wildman–Crippen LogP) is 5.90. The number of aliphatic imine (C=N–C) groups is 1. The van der Waals surface area contributed by atoms with Crippen molar-refractivity contribution in [3.8, 4) is 0 Å². The lowest BCUT2D eigenvalue weighted by atomic mass is 9.76. The van der Waals surface area contributed by atoms with Gasteiger partial charge in [-0.2, -0.15) is 0 Å². The summed E-state index contributed by atoms with van der Waals surface area (Å²) in [6, 6.07) is 11.8. The zero-order chi connectivity index (χ0) is 28.3. The van der Waals surface area contributed by atoms with Crippen molar-refractivity contribution in [3.63, 3.8) is 0 Å². The number of nitrogens with zero attached hydrogens (tertiary/aromatic N) is 2. The van der Waals surface area contributed by atoms with E-state index in [1.54, 1.807) is 30.3 Å². The average Bonchev–Trinajstić information content (AvgIpc) is 3.19. The highest BCUT2D eigenvalue weighted by atomic mass is 127. The van der Waals surface area contributed by atoms with Crippen LogP contribution in [0.3, 0.4) is 0 Å². The SMILES string of the molecule is CC(C)C1CCC2(CC1)N=C(c1cccc(CI)c1F)C(=O)N2[C@H](C)c1ccc(C(=O)NCCC(=O)O)cc1. The number of aliphatic carboxylic acids is 1. The molecule has 1 saturated carbocycles. The fraction of sp³-hybridized carbons (Fsp3) is 0.467. The van der Waals surface area contributed by atoms with Crippen molar-refractivity contribution in [3.05, 3.63) is 70.5 Å². The van der Waals surface area contributed by atoms with E-state index in [1.165, 1.54) is 0 Å². The number of halogens is 2. The van der Waals surface area contributed by atoms with Crippen molar-refractivity contribution < 1.29 is 23.9 Å². The molecule has 1 aliphatic carbocycles. The van der Waals surface area contributed by atoms with Gasteiger partial charge in [-0.3, -0.25) is 19.4 Å². The molecular formula is C30H35FIN3O4. The first-order valence-corrected chi connectivity index (χ1v) is 15.0. The zero-order valence-electron chi connectivity index (χ0n) is 22.5. The molecule has 1 heterocycles. The van der Waals surface area contributed by atoms with Crippen LogP contribution in [0.5, 0.6) is 0 Å². The van der Waals surface area contributed by atoms with Crippen LogP contribution in [0.4, 0.5) is 4.39 Å². The Kier molecular flexibility index (Phi) is 9.08. The van der Waals surface area contributed by atoms with Crippen molar-refractivity contribution in [2.75, 3.05) is 6.54 Å². The molecule has 1 spiro atoms. The molecule has 1 atom stereocenters. The Morgan fingerprint density at radius 2 is 1.82 bits per heavy atom. The number of carbonyl (C=O) groups excluding carboxylic acids is 2. The molecule has 2 aliphatic rings. The van der Waals surface area contributed by atoms with Crippen LogP contribution in [0, 0.1) is 17.7 Å². The van der Waals surface area contributed by atoms with Gasteiger partial charge in [0.25, 0.3) is 11.8 Å². The van der Waals surface area contributed by atoms with Gasteiger partial charge in [-0.05, 0) is 73.8 Å². The van der Waals surface area contributed by atoms with Crippen molar-refractivity contribution in [2.45, 2.75) is 69.0 Å². The number of carboxylic acid groups (broad SMARTS) is 1. The largest absolute Gasteiger partial charge is 0.481 e. The Morgan fingerprint density at radius 3 is 2.41 bits per heavy atom. The molecule has 7 nitrogen and oxygen atoms in total. The molecule has 1 aliphatic heterocycles. The van der Waals surface area contributed by atoms with E-state index in [9.17, 15) is 14.4 Å². The summed E-state index contributed by atoms with van der Waals surface area (Å²) in [5.74, 6) is -0.898. The Labute approximate surface area is 242 Å². The first-order chi connectivity index (χ1) is 18.6. The number of carbonyl (C=O) groups is 3. The molecule has 2 aromatic carbocycles. The molecule has 0 saturated heterocycles. The van der Waals surface area contributed by atoms with Gasteiger partial charge in [-0.15, -0.1) is 0 Å². The Morgan fingerprint density at radius 1 is 1.15 bits per heavy atom. The fourth-order valence-corrected chi connectivity index (χ4v) is 6.35. The Bertz CT molecular complexity index is 1270. The first-order valence-electron chi connectivity index (χ1n) is 13.4. The van der Waals surface area contributed by atoms with Gasteiger partial charge in [0.05, 0.1) is 12.5 Å². The van der Waals surface area contributed by atoms with Gasteiger partial charge in [0, 0.05) is 22.1 Å². The monoisotopic (exact) mass is 647 g/mol. The van der Waals surface area contributed by atoms with E-state index in [2.05, 4.69) is 41.8 Å². The number of hydrogen-bond acceptors (Lipinski definition) is 4. The normalized spacial score (nSPS) is 21.8. The quantitative estimate of drug-likeness (QED) is 0.262. The topological polar surface area (TPSA) is 99.1 Å². The van der Waals surface area contributed by atoms with E-state index in [0.29, 0.717) is 40.2 Å². The van der Waals surface area contributed by atoms with Crippen molar-refractivity contribution >= 4 is 46.1 Å². The van der Waals surface area contributed by atoms with Gasteiger partial charge in [0.15, 0.2) is 0 Å². The summed E-state index contributed by atoms with van der Waals surface area (Å²) in [6.07, 6.45) is 3.16. The van der Waals surface area contributed by atoms with E-state index in [-0.39, 0.29) is 42.1 Å². The van der Waals surface area contributed by atoms with Crippen LogP contribution in [0.25, 0.3) is 0 Å². The van der Waals surface area contributed by atoms with Gasteiger partial charge in [0.1, 0.15) is 17.2 Å². The predicted molar refractivity (Wildman–Crippen MR) is 156 cm³/mol. The Balaban J connectivity index is 1.64. The number of benzene rings is 2. The van der Waals surface area contributed by atoms with Gasteiger partial charge in [-0.25, -0.2) is 4.39 Å². The van der Waals surface area contributed by atoms with E-state index in [0.717, 1.165) is 18.4 Å². The van der Waals surface area contributed by atoms with Crippen molar-refractivity contribution in [1.29, 1.82) is 0 Å². The lowest BCUT2D eigenvalue weighted by molar-refractivity contribution is -0.137. The molecule has 0 radical (unpaired) electrons. The van der Waals surface area contributed by atoms with E-state index >= 15 is 4.39 Å². The van der Waals surface area contributed by atoms with Crippen LogP contribution in [0.2, 0.25) is 0 Å². The fourth-order valence-electron chi connectivity index (χ4n) is 5.76. The summed E-state index contributed by atoms with van der Waals surface area (Å²) in [5, 5.41) is 11.4. The average molecular weight is 648 g/mol. The molecule has 0 unspecified atom stereocenters. The number of amides is 2. The van der Waals surface area contributed by atoms with Crippen LogP contribution in [0.1, 0.15) is 86.0 Å². The lowest BCUT2D eigenvalue weighted by Gasteiger charge is -2.45. The second-order valence-electron chi connectivity index (χ2n) is 10.8.